The van der Waals surface area contributed by atoms with E-state index in [0.29, 0.717) is 6.61 Å². The lowest BCUT2D eigenvalue weighted by atomic mass is 10.5. The van der Waals surface area contributed by atoms with Crippen LogP contribution < -0.4 is 4.72 Å². The van der Waals surface area contributed by atoms with E-state index >= 15 is 0 Å². The van der Waals surface area contributed by atoms with E-state index in [4.69, 9.17) is 9.84 Å². The second-order valence-electron chi connectivity index (χ2n) is 2.89. The number of thiazole rings is 1. The highest BCUT2D eigenvalue weighted by molar-refractivity contribution is 7.91. The summed E-state index contributed by atoms with van der Waals surface area (Å²) in [6, 6.07) is 0. The van der Waals surface area contributed by atoms with Crippen molar-refractivity contribution in [2.24, 2.45) is 0 Å². The standard InChI is InChI=1S/C8H12N2O5S2/c1-2-15-4-3-10-17(13,14)8-6(7(11)12)9-5-16-8/h5,10H,2-4H2,1H3,(H,11,12). The smallest absolute Gasteiger partial charge is 0.356 e. The molecule has 1 aromatic heterocycles. The number of ether oxygens (including phenoxy) is 1. The van der Waals surface area contributed by atoms with E-state index in [0.717, 1.165) is 11.3 Å². The van der Waals surface area contributed by atoms with Gasteiger partial charge in [-0.3, -0.25) is 0 Å². The Morgan fingerprint density at radius 2 is 2.35 bits per heavy atom. The Hall–Kier alpha value is -1.03. The molecule has 96 valence electrons. The Kier molecular flexibility index (Phi) is 5.00. The van der Waals surface area contributed by atoms with E-state index in [1.165, 1.54) is 5.51 Å². The first-order valence-electron chi connectivity index (χ1n) is 4.73. The average Bonchev–Trinajstić information content (AvgIpc) is 2.74. The van der Waals surface area contributed by atoms with Crippen molar-refractivity contribution in [2.45, 2.75) is 11.1 Å². The van der Waals surface area contributed by atoms with Crippen molar-refractivity contribution < 1.29 is 23.1 Å². The van der Waals surface area contributed by atoms with Gasteiger partial charge < -0.3 is 9.84 Å². The molecule has 1 aromatic rings. The van der Waals surface area contributed by atoms with E-state index in [1.807, 2.05) is 0 Å². The highest BCUT2D eigenvalue weighted by Crippen LogP contribution is 2.19. The highest BCUT2D eigenvalue weighted by Gasteiger charge is 2.25. The van der Waals surface area contributed by atoms with Gasteiger partial charge in [-0.1, -0.05) is 0 Å². The summed E-state index contributed by atoms with van der Waals surface area (Å²) in [5.74, 6) is -1.36. The summed E-state index contributed by atoms with van der Waals surface area (Å²) in [7, 11) is -3.83. The molecule has 0 aliphatic rings. The number of carbonyl (C=O) groups is 1. The van der Waals surface area contributed by atoms with Crippen molar-refractivity contribution in [1.29, 1.82) is 0 Å². The molecule has 0 aliphatic carbocycles. The number of sulfonamides is 1. The molecule has 0 spiro atoms. The average molecular weight is 280 g/mol. The Bertz CT molecular complexity index is 482. The summed E-state index contributed by atoms with van der Waals surface area (Å²) in [5, 5.41) is 8.75. The zero-order chi connectivity index (χ0) is 12.9. The number of hydrogen-bond acceptors (Lipinski definition) is 6. The molecule has 9 heteroatoms. The minimum atomic E-state index is -3.83. The van der Waals surface area contributed by atoms with Gasteiger partial charge in [0.2, 0.25) is 0 Å². The molecule has 17 heavy (non-hydrogen) atoms. The maximum atomic E-state index is 11.7. The fourth-order valence-electron chi connectivity index (χ4n) is 1.03. The van der Waals surface area contributed by atoms with Crippen LogP contribution in [0.15, 0.2) is 9.72 Å². The van der Waals surface area contributed by atoms with Crippen molar-refractivity contribution in [3.05, 3.63) is 11.2 Å². The van der Waals surface area contributed by atoms with Gasteiger partial charge in [0, 0.05) is 13.2 Å². The molecule has 0 atom stereocenters. The predicted octanol–water partition coefficient (Wildman–Crippen LogP) is 0.156. The molecule has 0 saturated carbocycles. The number of hydrogen-bond donors (Lipinski definition) is 2. The third kappa shape index (κ3) is 3.73. The molecule has 0 aliphatic heterocycles. The van der Waals surface area contributed by atoms with E-state index in [1.54, 1.807) is 6.92 Å². The quantitative estimate of drug-likeness (QED) is 0.689. The van der Waals surface area contributed by atoms with Gasteiger partial charge >= 0.3 is 5.97 Å². The van der Waals surface area contributed by atoms with Crippen LogP contribution >= 0.6 is 11.3 Å². The van der Waals surface area contributed by atoms with E-state index < -0.39 is 21.7 Å². The highest BCUT2D eigenvalue weighted by atomic mass is 32.2. The zero-order valence-electron chi connectivity index (χ0n) is 9.04. The molecule has 0 fully saturated rings. The van der Waals surface area contributed by atoms with E-state index in [-0.39, 0.29) is 17.4 Å². The fourth-order valence-corrected chi connectivity index (χ4v) is 3.22. The number of aromatic nitrogens is 1. The SMILES string of the molecule is CCOCCNS(=O)(=O)c1scnc1C(=O)O. The topological polar surface area (TPSA) is 106 Å². The summed E-state index contributed by atoms with van der Waals surface area (Å²) in [4.78, 5) is 14.2. The normalized spacial score (nSPS) is 11.6. The Balaban J connectivity index is 2.76. The molecular weight excluding hydrogens is 268 g/mol. The first-order chi connectivity index (χ1) is 7.99. The van der Waals surface area contributed by atoms with Crippen LogP contribution in [0.2, 0.25) is 0 Å². The van der Waals surface area contributed by atoms with Crippen molar-refractivity contribution in [3.63, 3.8) is 0 Å². The number of carboxylic acids is 1. The van der Waals surface area contributed by atoms with Gasteiger partial charge in [0.25, 0.3) is 10.0 Å². The van der Waals surface area contributed by atoms with Gasteiger partial charge in [-0.2, -0.15) is 0 Å². The van der Waals surface area contributed by atoms with Crippen LogP contribution in [-0.4, -0.2) is 44.2 Å². The number of nitrogens with zero attached hydrogens (tertiary/aromatic N) is 1. The van der Waals surface area contributed by atoms with Crippen LogP contribution in [0.25, 0.3) is 0 Å². The monoisotopic (exact) mass is 280 g/mol. The minimum absolute atomic E-state index is 0.0904. The summed E-state index contributed by atoms with van der Waals surface area (Å²) in [6.07, 6.45) is 0. The van der Waals surface area contributed by atoms with E-state index in [9.17, 15) is 13.2 Å². The maximum Gasteiger partial charge on any atom is 0.356 e. The lowest BCUT2D eigenvalue weighted by molar-refractivity contribution is 0.0687. The van der Waals surface area contributed by atoms with Crippen LogP contribution in [-0.2, 0) is 14.8 Å². The van der Waals surface area contributed by atoms with Gasteiger partial charge in [-0.25, -0.2) is 22.9 Å². The lowest BCUT2D eigenvalue weighted by Gasteiger charge is -2.05. The second kappa shape index (κ2) is 6.05. The maximum absolute atomic E-state index is 11.7. The fraction of sp³-hybridized carbons (Fsp3) is 0.500. The molecule has 2 N–H and O–H groups in total. The van der Waals surface area contributed by atoms with Crippen molar-refractivity contribution in [2.75, 3.05) is 19.8 Å². The minimum Gasteiger partial charge on any atom is -0.476 e. The molecule has 0 saturated heterocycles. The van der Waals surface area contributed by atoms with Gasteiger partial charge in [-0.05, 0) is 6.92 Å². The summed E-state index contributed by atoms with van der Waals surface area (Å²) in [6.45, 7) is 2.60. The number of aromatic carboxylic acids is 1. The van der Waals surface area contributed by atoms with Crippen molar-refractivity contribution >= 4 is 27.3 Å². The van der Waals surface area contributed by atoms with E-state index in [2.05, 4.69) is 9.71 Å². The molecule has 0 bridgehead atoms. The lowest BCUT2D eigenvalue weighted by Crippen LogP contribution is -2.28. The summed E-state index contributed by atoms with van der Waals surface area (Å²) >= 11 is 0.765. The summed E-state index contributed by atoms with van der Waals surface area (Å²) in [5.41, 5.74) is 0.722. The molecule has 0 aromatic carbocycles. The predicted molar refractivity (Wildman–Crippen MR) is 60.8 cm³/mol. The molecular formula is C8H12N2O5S2. The van der Waals surface area contributed by atoms with Crippen molar-refractivity contribution in [3.8, 4) is 0 Å². The van der Waals surface area contributed by atoms with Crippen molar-refractivity contribution in [1.82, 2.24) is 9.71 Å². The summed E-state index contributed by atoms with van der Waals surface area (Å²) < 4.78 is 30.4. The van der Waals surface area contributed by atoms with Gasteiger partial charge in [0.15, 0.2) is 9.90 Å². The van der Waals surface area contributed by atoms with Crippen LogP contribution in [0, 0.1) is 0 Å². The first-order valence-corrected chi connectivity index (χ1v) is 7.09. The first kappa shape index (κ1) is 14.0. The number of nitrogens with one attached hydrogen (secondary N) is 1. The van der Waals surface area contributed by atoms with Crippen LogP contribution in [0.3, 0.4) is 0 Å². The molecule has 0 amide bonds. The third-order valence-electron chi connectivity index (χ3n) is 1.72. The molecule has 0 unspecified atom stereocenters. The zero-order valence-corrected chi connectivity index (χ0v) is 10.7. The molecule has 1 rings (SSSR count). The Labute approximate surface area is 102 Å². The number of rotatable bonds is 7. The van der Waals surface area contributed by atoms with Gasteiger partial charge in [-0.15, -0.1) is 11.3 Å². The van der Waals surface area contributed by atoms with Gasteiger partial charge in [0.05, 0.1) is 12.1 Å². The van der Waals surface area contributed by atoms with Crippen LogP contribution in [0.4, 0.5) is 0 Å². The largest absolute Gasteiger partial charge is 0.476 e. The molecule has 7 nitrogen and oxygen atoms in total. The van der Waals surface area contributed by atoms with Crippen LogP contribution in [0.5, 0.6) is 0 Å². The Morgan fingerprint density at radius 3 is 2.94 bits per heavy atom. The van der Waals surface area contributed by atoms with Gasteiger partial charge in [0.1, 0.15) is 0 Å². The third-order valence-corrected chi connectivity index (χ3v) is 4.55. The Morgan fingerprint density at radius 1 is 1.65 bits per heavy atom. The number of carboxylic acid groups (broad SMARTS) is 1. The second-order valence-corrected chi connectivity index (χ2v) is 5.71. The molecule has 1 heterocycles. The van der Waals surface area contributed by atoms with Crippen LogP contribution in [0.1, 0.15) is 17.4 Å². The molecule has 0 radical (unpaired) electrons.